The summed E-state index contributed by atoms with van der Waals surface area (Å²) in [7, 11) is 0. The Kier molecular flexibility index (Phi) is 4.74. The van der Waals surface area contributed by atoms with E-state index >= 15 is 0 Å². The molecule has 0 bridgehead atoms. The lowest BCUT2D eigenvalue weighted by molar-refractivity contribution is -0.000318. The van der Waals surface area contributed by atoms with E-state index in [1.807, 2.05) is 18.2 Å². The minimum atomic E-state index is 0.404. The summed E-state index contributed by atoms with van der Waals surface area (Å²) in [6, 6.07) is 10.5. The van der Waals surface area contributed by atoms with Gasteiger partial charge in [-0.05, 0) is 37.0 Å². The Hall–Kier alpha value is -1.37. The Labute approximate surface area is 109 Å². The zero-order valence-corrected chi connectivity index (χ0v) is 10.9. The number of nitrogens with zero attached hydrogens (tertiary/aromatic N) is 1. The van der Waals surface area contributed by atoms with Crippen LogP contribution in [-0.2, 0) is 11.3 Å². The second-order valence-corrected chi connectivity index (χ2v) is 4.82. The van der Waals surface area contributed by atoms with Crippen LogP contribution in [0, 0.1) is 11.3 Å². The largest absolute Gasteiger partial charge is 0.378 e. The summed E-state index contributed by atoms with van der Waals surface area (Å²) in [5, 5.41) is 12.4. The summed E-state index contributed by atoms with van der Waals surface area (Å²) < 4.78 is 5.66. The van der Waals surface area contributed by atoms with Crippen molar-refractivity contribution in [3.05, 3.63) is 35.4 Å². The maximum absolute atomic E-state index is 8.86. The molecule has 0 amide bonds. The van der Waals surface area contributed by atoms with Gasteiger partial charge in [0.1, 0.15) is 0 Å². The third-order valence-corrected chi connectivity index (χ3v) is 3.47. The van der Waals surface area contributed by atoms with Crippen molar-refractivity contribution in [2.24, 2.45) is 0 Å². The first-order chi connectivity index (χ1) is 8.81. The summed E-state index contributed by atoms with van der Waals surface area (Å²) in [4.78, 5) is 0. The molecular formula is C15H20N2O. The van der Waals surface area contributed by atoms with Crippen molar-refractivity contribution >= 4 is 0 Å². The first kappa shape index (κ1) is 13.1. The summed E-state index contributed by atoms with van der Waals surface area (Å²) >= 11 is 0. The van der Waals surface area contributed by atoms with Crippen LogP contribution in [0.4, 0.5) is 0 Å². The molecule has 1 aromatic carbocycles. The van der Waals surface area contributed by atoms with Gasteiger partial charge < -0.3 is 10.1 Å². The topological polar surface area (TPSA) is 45.0 Å². The molecule has 2 rings (SSSR count). The molecule has 0 radical (unpaired) electrons. The minimum Gasteiger partial charge on any atom is -0.378 e. The Bertz CT molecular complexity index is 425. The molecule has 1 heterocycles. The molecule has 1 fully saturated rings. The maximum atomic E-state index is 8.86. The molecule has 2 atom stereocenters. The fourth-order valence-electron chi connectivity index (χ4n) is 2.36. The number of ether oxygens (including phenoxy) is 1. The Morgan fingerprint density at radius 2 is 2.39 bits per heavy atom. The summed E-state index contributed by atoms with van der Waals surface area (Å²) in [6.45, 7) is 3.86. The molecular weight excluding hydrogens is 224 g/mol. The van der Waals surface area contributed by atoms with Crippen LogP contribution >= 0.6 is 0 Å². The quantitative estimate of drug-likeness (QED) is 0.885. The lowest BCUT2D eigenvalue weighted by Gasteiger charge is -2.29. The van der Waals surface area contributed by atoms with E-state index in [1.165, 1.54) is 5.56 Å². The van der Waals surface area contributed by atoms with Gasteiger partial charge in [0.05, 0.1) is 17.7 Å². The van der Waals surface area contributed by atoms with E-state index in [0.717, 1.165) is 38.0 Å². The van der Waals surface area contributed by atoms with Crippen LogP contribution in [0.3, 0.4) is 0 Å². The summed E-state index contributed by atoms with van der Waals surface area (Å²) in [5.74, 6) is 0. The van der Waals surface area contributed by atoms with Gasteiger partial charge in [0.25, 0.3) is 0 Å². The van der Waals surface area contributed by atoms with Crippen LogP contribution < -0.4 is 5.32 Å². The number of hydrogen-bond donors (Lipinski definition) is 1. The molecule has 1 aliphatic rings. The van der Waals surface area contributed by atoms with Crippen molar-refractivity contribution in [2.75, 3.05) is 6.61 Å². The average Bonchev–Trinajstić information content (AvgIpc) is 2.45. The van der Waals surface area contributed by atoms with Gasteiger partial charge in [-0.15, -0.1) is 0 Å². The predicted molar refractivity (Wildman–Crippen MR) is 71.0 cm³/mol. The van der Waals surface area contributed by atoms with E-state index in [0.29, 0.717) is 12.1 Å². The third-order valence-electron chi connectivity index (χ3n) is 3.47. The summed E-state index contributed by atoms with van der Waals surface area (Å²) in [6.07, 6.45) is 3.66. The standard InChI is InChI=1S/C15H20N2O/c1-2-15-9-14(6-7-18-15)17-11-13-5-3-4-12(8-13)10-16/h3-5,8,14-15,17H,2,6-7,9,11H2,1H3. The monoisotopic (exact) mass is 244 g/mol. The third kappa shape index (κ3) is 3.56. The highest BCUT2D eigenvalue weighted by Crippen LogP contribution is 2.16. The average molecular weight is 244 g/mol. The van der Waals surface area contributed by atoms with Gasteiger partial charge in [0.15, 0.2) is 0 Å². The molecule has 0 spiro atoms. The number of rotatable bonds is 4. The minimum absolute atomic E-state index is 0.404. The number of nitriles is 1. The number of nitrogens with one attached hydrogen (secondary N) is 1. The van der Waals surface area contributed by atoms with Crippen molar-refractivity contribution in [3.63, 3.8) is 0 Å². The fourth-order valence-corrected chi connectivity index (χ4v) is 2.36. The van der Waals surface area contributed by atoms with E-state index in [1.54, 1.807) is 0 Å². The second kappa shape index (κ2) is 6.53. The van der Waals surface area contributed by atoms with Crippen molar-refractivity contribution in [3.8, 4) is 6.07 Å². The first-order valence-electron chi connectivity index (χ1n) is 6.66. The predicted octanol–water partition coefficient (Wildman–Crippen LogP) is 2.61. The zero-order chi connectivity index (χ0) is 12.8. The van der Waals surface area contributed by atoms with Crippen LogP contribution in [-0.4, -0.2) is 18.8 Å². The van der Waals surface area contributed by atoms with Gasteiger partial charge >= 0.3 is 0 Å². The molecule has 0 saturated carbocycles. The molecule has 2 unspecified atom stereocenters. The molecule has 3 nitrogen and oxygen atoms in total. The number of hydrogen-bond acceptors (Lipinski definition) is 3. The van der Waals surface area contributed by atoms with Gasteiger partial charge in [-0.1, -0.05) is 19.1 Å². The second-order valence-electron chi connectivity index (χ2n) is 4.82. The lowest BCUT2D eigenvalue weighted by atomic mass is 10.0. The van der Waals surface area contributed by atoms with Crippen molar-refractivity contribution in [1.29, 1.82) is 5.26 Å². The normalized spacial score (nSPS) is 23.6. The number of benzene rings is 1. The first-order valence-corrected chi connectivity index (χ1v) is 6.66. The van der Waals surface area contributed by atoms with Crippen LogP contribution in [0.15, 0.2) is 24.3 Å². The van der Waals surface area contributed by atoms with E-state index in [2.05, 4.69) is 24.4 Å². The van der Waals surface area contributed by atoms with Gasteiger partial charge in [0.2, 0.25) is 0 Å². The molecule has 1 aromatic rings. The molecule has 0 aromatic heterocycles. The highest BCUT2D eigenvalue weighted by molar-refractivity contribution is 5.32. The fraction of sp³-hybridized carbons (Fsp3) is 0.533. The van der Waals surface area contributed by atoms with E-state index < -0.39 is 0 Å². The molecule has 1 saturated heterocycles. The Morgan fingerprint density at radius 1 is 1.50 bits per heavy atom. The van der Waals surface area contributed by atoms with Crippen molar-refractivity contribution < 1.29 is 4.74 Å². The van der Waals surface area contributed by atoms with E-state index in [-0.39, 0.29) is 0 Å². The smallest absolute Gasteiger partial charge is 0.0991 e. The highest BCUT2D eigenvalue weighted by Gasteiger charge is 2.20. The van der Waals surface area contributed by atoms with Gasteiger partial charge in [-0.2, -0.15) is 5.26 Å². The van der Waals surface area contributed by atoms with Gasteiger partial charge in [-0.3, -0.25) is 0 Å². The Balaban J connectivity index is 1.85. The van der Waals surface area contributed by atoms with Crippen molar-refractivity contribution in [2.45, 2.75) is 44.9 Å². The molecule has 3 heteroatoms. The van der Waals surface area contributed by atoms with Crippen LogP contribution in [0.25, 0.3) is 0 Å². The van der Waals surface area contributed by atoms with E-state index in [9.17, 15) is 0 Å². The molecule has 96 valence electrons. The van der Waals surface area contributed by atoms with Gasteiger partial charge in [-0.25, -0.2) is 0 Å². The maximum Gasteiger partial charge on any atom is 0.0991 e. The summed E-state index contributed by atoms with van der Waals surface area (Å²) in [5.41, 5.74) is 1.90. The lowest BCUT2D eigenvalue weighted by Crippen LogP contribution is -2.38. The van der Waals surface area contributed by atoms with Gasteiger partial charge in [0, 0.05) is 19.2 Å². The highest BCUT2D eigenvalue weighted by atomic mass is 16.5. The van der Waals surface area contributed by atoms with Crippen molar-refractivity contribution in [1.82, 2.24) is 5.32 Å². The molecule has 1 N–H and O–H groups in total. The van der Waals surface area contributed by atoms with E-state index in [4.69, 9.17) is 10.00 Å². The Morgan fingerprint density at radius 3 is 3.17 bits per heavy atom. The van der Waals surface area contributed by atoms with Crippen LogP contribution in [0.2, 0.25) is 0 Å². The van der Waals surface area contributed by atoms with Crippen LogP contribution in [0.5, 0.6) is 0 Å². The van der Waals surface area contributed by atoms with Crippen LogP contribution in [0.1, 0.15) is 37.3 Å². The molecule has 1 aliphatic heterocycles. The zero-order valence-electron chi connectivity index (χ0n) is 10.9. The molecule has 18 heavy (non-hydrogen) atoms. The molecule has 0 aliphatic carbocycles. The SMILES string of the molecule is CCC1CC(NCc2cccc(C#N)c2)CCO1.